The van der Waals surface area contributed by atoms with E-state index in [-0.39, 0.29) is 17.7 Å². The van der Waals surface area contributed by atoms with E-state index in [4.69, 9.17) is 32.9 Å². The maximum atomic E-state index is 13.5. The van der Waals surface area contributed by atoms with Gasteiger partial charge in [-0.25, -0.2) is 4.98 Å². The van der Waals surface area contributed by atoms with Gasteiger partial charge in [-0.1, -0.05) is 86.1 Å². The second kappa shape index (κ2) is 15.8. The number of carbonyl (C=O) groups is 1. The zero-order valence-electron chi connectivity index (χ0n) is 24.9. The SMILES string of the molecule is C=C(O)c1cc(C(=O)NC(CCC)c2ccc(Cl)cc2OC)ccc1C(=C)/C(=C\C=C/Cl)c1nc(/C=C\C=C/C)c(C)[nH]1. The Labute approximate surface area is 263 Å². The predicted molar refractivity (Wildman–Crippen MR) is 180 cm³/mol. The number of H-pyrrole nitrogens is 1. The molecule has 0 saturated heterocycles. The molecule has 2 aromatic carbocycles. The molecule has 224 valence electrons. The summed E-state index contributed by atoms with van der Waals surface area (Å²) >= 11 is 12.0. The van der Waals surface area contributed by atoms with Crippen LogP contribution >= 0.6 is 23.2 Å². The molecule has 0 saturated carbocycles. The molecule has 0 spiro atoms. The molecule has 1 amide bonds. The Hall–Kier alpha value is -4.26. The van der Waals surface area contributed by atoms with Gasteiger partial charge in [0.05, 0.1) is 18.8 Å². The third kappa shape index (κ3) is 8.40. The largest absolute Gasteiger partial charge is 0.508 e. The highest BCUT2D eigenvalue weighted by molar-refractivity contribution is 6.30. The van der Waals surface area contributed by atoms with Crippen molar-refractivity contribution in [2.45, 2.75) is 39.7 Å². The van der Waals surface area contributed by atoms with Gasteiger partial charge in [-0.05, 0) is 67.8 Å². The number of benzene rings is 2. The smallest absolute Gasteiger partial charge is 0.251 e. The maximum Gasteiger partial charge on any atom is 0.251 e. The van der Waals surface area contributed by atoms with E-state index in [2.05, 4.69) is 23.5 Å². The summed E-state index contributed by atoms with van der Waals surface area (Å²) in [5.41, 5.74) is 6.39. The second-order valence-electron chi connectivity index (χ2n) is 9.77. The molecule has 0 radical (unpaired) electrons. The lowest BCUT2D eigenvalue weighted by atomic mass is 9.92. The number of allylic oxidation sites excluding steroid dienone is 7. The number of rotatable bonds is 13. The molecule has 0 aliphatic rings. The van der Waals surface area contributed by atoms with Gasteiger partial charge in [0.15, 0.2) is 0 Å². The second-order valence-corrected chi connectivity index (χ2v) is 10.5. The van der Waals surface area contributed by atoms with Gasteiger partial charge < -0.3 is 20.1 Å². The minimum absolute atomic E-state index is 0.201. The lowest BCUT2D eigenvalue weighted by Gasteiger charge is -2.22. The maximum absolute atomic E-state index is 13.5. The number of aromatic nitrogens is 2. The number of nitrogens with zero attached hydrogens (tertiary/aromatic N) is 1. The van der Waals surface area contributed by atoms with E-state index in [1.165, 1.54) is 5.54 Å². The predicted octanol–water partition coefficient (Wildman–Crippen LogP) is 9.62. The highest BCUT2D eigenvalue weighted by Gasteiger charge is 2.22. The lowest BCUT2D eigenvalue weighted by Crippen LogP contribution is -2.29. The summed E-state index contributed by atoms with van der Waals surface area (Å²) in [4.78, 5) is 21.6. The van der Waals surface area contributed by atoms with Crippen LogP contribution in [0.3, 0.4) is 0 Å². The summed E-state index contributed by atoms with van der Waals surface area (Å²) in [5, 5.41) is 14.3. The number of ether oxygens (including phenoxy) is 1. The average Bonchev–Trinajstić information content (AvgIpc) is 3.36. The molecule has 1 aromatic heterocycles. The number of carbonyl (C=O) groups excluding carboxylic acids is 1. The van der Waals surface area contributed by atoms with E-state index in [1.54, 1.807) is 49.6 Å². The summed E-state index contributed by atoms with van der Waals surface area (Å²) in [6.07, 6.45) is 12.7. The van der Waals surface area contributed by atoms with Crippen molar-refractivity contribution in [1.29, 1.82) is 0 Å². The first-order valence-corrected chi connectivity index (χ1v) is 14.7. The summed E-state index contributed by atoms with van der Waals surface area (Å²) in [6, 6.07) is 10.1. The number of halogens is 2. The Morgan fingerprint density at radius 2 is 1.93 bits per heavy atom. The van der Waals surface area contributed by atoms with Crippen LogP contribution in [0.1, 0.15) is 77.0 Å². The van der Waals surface area contributed by atoms with E-state index in [0.29, 0.717) is 50.9 Å². The van der Waals surface area contributed by atoms with Crippen molar-refractivity contribution in [3.8, 4) is 5.75 Å². The normalized spacial score (nSPS) is 12.7. The molecule has 3 rings (SSSR count). The standard InChI is InChI=1S/C35H37Cl2N3O3/c1-7-9-10-14-31-23(4)38-34(39-31)28(13-11-19-36)22(3)27-17-15-25(20-30(27)24(5)41)35(42)40-32(12-8-2)29-18-16-26(37)21-33(29)43-6/h7,9-11,13-21,32,41H,3,5,8,12H2,1-2,4,6H3,(H,38,39)(H,40,42)/b9-7-,14-10-,19-11-,28-13+. The third-order valence-corrected chi connectivity index (χ3v) is 7.15. The summed E-state index contributed by atoms with van der Waals surface area (Å²) in [7, 11) is 1.57. The van der Waals surface area contributed by atoms with Gasteiger partial charge in [-0.15, -0.1) is 0 Å². The molecule has 6 nitrogen and oxygen atoms in total. The molecular weight excluding hydrogens is 581 g/mol. The number of aromatic amines is 1. The van der Waals surface area contributed by atoms with E-state index in [0.717, 1.165) is 23.4 Å². The topological polar surface area (TPSA) is 87.2 Å². The van der Waals surface area contributed by atoms with Crippen LogP contribution in [0.25, 0.3) is 23.0 Å². The first-order chi connectivity index (χ1) is 20.6. The van der Waals surface area contributed by atoms with Crippen molar-refractivity contribution in [1.82, 2.24) is 15.3 Å². The Balaban J connectivity index is 2.00. The van der Waals surface area contributed by atoms with Gasteiger partial charge in [0.25, 0.3) is 5.91 Å². The Bertz CT molecular complexity index is 1610. The van der Waals surface area contributed by atoms with E-state index in [9.17, 15) is 9.90 Å². The van der Waals surface area contributed by atoms with Gasteiger partial charge in [0.1, 0.15) is 17.3 Å². The Morgan fingerprint density at radius 1 is 1.16 bits per heavy atom. The first kappa shape index (κ1) is 33.2. The number of nitrogens with one attached hydrogen (secondary N) is 2. The van der Waals surface area contributed by atoms with Gasteiger partial charge in [0, 0.05) is 38.5 Å². The number of aliphatic hydroxyl groups excluding tert-OH is 1. The van der Waals surface area contributed by atoms with Crippen molar-refractivity contribution >= 4 is 52.1 Å². The van der Waals surface area contributed by atoms with Crippen LogP contribution in [0.5, 0.6) is 5.75 Å². The molecule has 0 aliphatic heterocycles. The van der Waals surface area contributed by atoms with Crippen LogP contribution in [0.15, 0.2) is 85.5 Å². The van der Waals surface area contributed by atoms with Crippen LogP contribution < -0.4 is 10.1 Å². The number of aryl methyl sites for hydroxylation is 1. The lowest BCUT2D eigenvalue weighted by molar-refractivity contribution is 0.0934. The zero-order valence-corrected chi connectivity index (χ0v) is 26.4. The highest BCUT2D eigenvalue weighted by Crippen LogP contribution is 2.35. The quantitative estimate of drug-likeness (QED) is 0.132. The van der Waals surface area contributed by atoms with Crippen LogP contribution in [-0.4, -0.2) is 28.1 Å². The summed E-state index contributed by atoms with van der Waals surface area (Å²) in [5.74, 6) is 0.664. The number of imidazole rings is 1. The number of amides is 1. The first-order valence-electron chi connectivity index (χ1n) is 13.8. The molecule has 43 heavy (non-hydrogen) atoms. The molecule has 1 heterocycles. The molecular formula is C35H37Cl2N3O3. The van der Waals surface area contributed by atoms with Gasteiger partial charge >= 0.3 is 0 Å². The Morgan fingerprint density at radius 3 is 2.58 bits per heavy atom. The van der Waals surface area contributed by atoms with Crippen LogP contribution in [0.2, 0.25) is 5.02 Å². The fourth-order valence-electron chi connectivity index (χ4n) is 4.62. The number of hydrogen-bond acceptors (Lipinski definition) is 4. The number of methoxy groups -OCH3 is 1. The molecule has 1 unspecified atom stereocenters. The molecule has 0 bridgehead atoms. The van der Waals surface area contributed by atoms with Gasteiger partial charge in [-0.3, -0.25) is 4.79 Å². The number of aliphatic hydroxyl groups is 1. The molecule has 0 aliphatic carbocycles. The number of hydrogen-bond donors (Lipinski definition) is 3. The van der Waals surface area contributed by atoms with E-state index < -0.39 is 0 Å². The van der Waals surface area contributed by atoms with E-state index in [1.807, 2.05) is 51.1 Å². The molecule has 3 aromatic rings. The van der Waals surface area contributed by atoms with Crippen molar-refractivity contribution in [3.05, 3.63) is 130 Å². The monoisotopic (exact) mass is 617 g/mol. The van der Waals surface area contributed by atoms with Crippen LogP contribution in [-0.2, 0) is 0 Å². The van der Waals surface area contributed by atoms with Gasteiger partial charge in [-0.2, -0.15) is 0 Å². The minimum Gasteiger partial charge on any atom is -0.508 e. The summed E-state index contributed by atoms with van der Waals surface area (Å²) < 4.78 is 5.53. The zero-order chi connectivity index (χ0) is 31.5. The average molecular weight is 619 g/mol. The third-order valence-electron chi connectivity index (χ3n) is 6.77. The van der Waals surface area contributed by atoms with Crippen molar-refractivity contribution < 1.29 is 14.6 Å². The summed E-state index contributed by atoms with van der Waals surface area (Å²) in [6.45, 7) is 14.0. The Kier molecular flexibility index (Phi) is 12.2. The molecule has 3 N–H and O–H groups in total. The fourth-order valence-corrected chi connectivity index (χ4v) is 4.85. The fraction of sp³-hybridized carbons (Fsp3) is 0.200. The highest BCUT2D eigenvalue weighted by atomic mass is 35.5. The van der Waals surface area contributed by atoms with Crippen LogP contribution in [0.4, 0.5) is 0 Å². The van der Waals surface area contributed by atoms with Crippen molar-refractivity contribution in [2.24, 2.45) is 0 Å². The van der Waals surface area contributed by atoms with Gasteiger partial charge in [0.2, 0.25) is 0 Å². The molecule has 8 heteroatoms. The molecule has 1 atom stereocenters. The minimum atomic E-state index is -0.310. The van der Waals surface area contributed by atoms with Crippen LogP contribution in [0, 0.1) is 6.92 Å². The van der Waals surface area contributed by atoms with Crippen molar-refractivity contribution in [2.75, 3.05) is 7.11 Å². The van der Waals surface area contributed by atoms with E-state index >= 15 is 0 Å². The molecule has 0 fully saturated rings. The van der Waals surface area contributed by atoms with Crippen molar-refractivity contribution in [3.63, 3.8) is 0 Å².